The van der Waals surface area contributed by atoms with E-state index in [1.54, 1.807) is 30.3 Å². The number of halogens is 2. The Labute approximate surface area is 196 Å². The number of hydrogen-bond donors (Lipinski definition) is 1. The molecule has 0 saturated heterocycles. The summed E-state index contributed by atoms with van der Waals surface area (Å²) in [6.07, 6.45) is 0. The van der Waals surface area contributed by atoms with Gasteiger partial charge in [0.1, 0.15) is 12.4 Å². The van der Waals surface area contributed by atoms with Gasteiger partial charge >= 0.3 is 10.2 Å². The van der Waals surface area contributed by atoms with E-state index < -0.39 is 28.5 Å². The summed E-state index contributed by atoms with van der Waals surface area (Å²) in [6, 6.07) is 17.6. The van der Waals surface area contributed by atoms with Gasteiger partial charge in [0.2, 0.25) is 5.91 Å². The minimum atomic E-state index is -4.07. The quantitative estimate of drug-likeness (QED) is 0.485. The maximum Gasteiger partial charge on any atom is 0.304 e. The summed E-state index contributed by atoms with van der Waals surface area (Å²) in [5, 5.41) is 2.90. The predicted octanol–water partition coefficient (Wildman–Crippen LogP) is 3.96. The van der Waals surface area contributed by atoms with E-state index in [0.717, 1.165) is 20.7 Å². The average molecular weight is 490 g/mol. The number of hydrogen-bond acceptors (Lipinski definition) is 4. The van der Waals surface area contributed by atoms with Crippen LogP contribution in [0.25, 0.3) is 0 Å². The van der Waals surface area contributed by atoms with Gasteiger partial charge in [-0.15, -0.1) is 0 Å². The van der Waals surface area contributed by atoms with Crippen molar-refractivity contribution in [1.29, 1.82) is 0 Å². The standard InChI is InChI=1S/C23H21ClFN3O4S/c1-27(2)33(31,32)28(19-11-9-18(25)10-12-19)15-22(29)26-21-13-8-17(24)14-20(21)23(30)16-6-4-3-5-7-16/h3-14H,15H2,1-2H3,(H,26,29). The fourth-order valence-corrected chi connectivity index (χ4v) is 4.22. The van der Waals surface area contributed by atoms with Crippen LogP contribution in [0.1, 0.15) is 15.9 Å². The lowest BCUT2D eigenvalue weighted by Gasteiger charge is -2.27. The Kier molecular flexibility index (Phi) is 7.47. The minimum absolute atomic E-state index is 0.108. The second kappa shape index (κ2) is 10.1. The normalized spacial score (nSPS) is 11.3. The Morgan fingerprint density at radius 1 is 0.970 bits per heavy atom. The molecule has 0 aliphatic rings. The topological polar surface area (TPSA) is 86.8 Å². The molecule has 0 saturated carbocycles. The van der Waals surface area contributed by atoms with E-state index in [1.807, 2.05) is 0 Å². The number of nitrogens with one attached hydrogen (secondary N) is 1. The van der Waals surface area contributed by atoms with Crippen molar-refractivity contribution in [1.82, 2.24) is 4.31 Å². The lowest BCUT2D eigenvalue weighted by Crippen LogP contribution is -2.44. The van der Waals surface area contributed by atoms with Crippen LogP contribution in [0.2, 0.25) is 5.02 Å². The third kappa shape index (κ3) is 5.75. The second-order valence-electron chi connectivity index (χ2n) is 7.21. The monoisotopic (exact) mass is 489 g/mol. The number of carbonyl (C=O) groups is 2. The van der Waals surface area contributed by atoms with Crippen LogP contribution in [-0.4, -0.2) is 45.1 Å². The van der Waals surface area contributed by atoms with Crippen molar-refractivity contribution in [2.75, 3.05) is 30.3 Å². The molecule has 1 amide bonds. The van der Waals surface area contributed by atoms with E-state index in [0.29, 0.717) is 10.6 Å². The lowest BCUT2D eigenvalue weighted by atomic mass is 10.0. The summed E-state index contributed by atoms with van der Waals surface area (Å²) in [7, 11) is -1.43. The molecule has 0 aliphatic heterocycles. The van der Waals surface area contributed by atoms with Crippen molar-refractivity contribution >= 4 is 44.9 Å². The van der Waals surface area contributed by atoms with Gasteiger partial charge in [0, 0.05) is 30.2 Å². The van der Waals surface area contributed by atoms with E-state index in [2.05, 4.69) is 5.32 Å². The first-order valence-electron chi connectivity index (χ1n) is 9.74. The molecular weight excluding hydrogens is 469 g/mol. The number of nitrogens with zero attached hydrogens (tertiary/aromatic N) is 2. The van der Waals surface area contributed by atoms with Gasteiger partial charge in [0.15, 0.2) is 5.78 Å². The molecule has 0 aromatic heterocycles. The molecule has 3 rings (SSSR count). The smallest absolute Gasteiger partial charge is 0.304 e. The molecule has 7 nitrogen and oxygen atoms in total. The van der Waals surface area contributed by atoms with Crippen molar-refractivity contribution in [2.45, 2.75) is 0 Å². The maximum absolute atomic E-state index is 13.3. The first kappa shape index (κ1) is 24.4. The number of carbonyl (C=O) groups excluding carboxylic acids is 2. The molecule has 0 aliphatic carbocycles. The summed E-state index contributed by atoms with van der Waals surface area (Å²) in [4.78, 5) is 25.8. The number of anilines is 2. The van der Waals surface area contributed by atoms with Gasteiger partial charge in [-0.25, -0.2) is 8.70 Å². The lowest BCUT2D eigenvalue weighted by molar-refractivity contribution is -0.114. The highest BCUT2D eigenvalue weighted by atomic mass is 35.5. The maximum atomic E-state index is 13.3. The molecule has 0 bridgehead atoms. The summed E-state index contributed by atoms with van der Waals surface area (Å²) in [6.45, 7) is -0.603. The number of amides is 1. The zero-order valence-corrected chi connectivity index (χ0v) is 19.4. The molecule has 0 heterocycles. The van der Waals surface area contributed by atoms with Gasteiger partial charge in [-0.05, 0) is 42.5 Å². The first-order chi connectivity index (χ1) is 15.6. The van der Waals surface area contributed by atoms with E-state index >= 15 is 0 Å². The Morgan fingerprint density at radius 3 is 2.21 bits per heavy atom. The Hall–Kier alpha value is -3.27. The van der Waals surface area contributed by atoms with Crippen LogP contribution < -0.4 is 9.62 Å². The molecule has 0 spiro atoms. The van der Waals surface area contributed by atoms with E-state index in [9.17, 15) is 22.4 Å². The fourth-order valence-electron chi connectivity index (χ4n) is 2.99. The van der Waals surface area contributed by atoms with Gasteiger partial charge in [-0.2, -0.15) is 12.7 Å². The molecule has 0 fully saturated rings. The summed E-state index contributed by atoms with van der Waals surface area (Å²) < 4.78 is 40.8. The Balaban J connectivity index is 1.91. The highest BCUT2D eigenvalue weighted by Crippen LogP contribution is 2.25. The number of ketones is 1. The molecule has 3 aromatic rings. The number of rotatable bonds is 8. The van der Waals surface area contributed by atoms with Crippen LogP contribution in [0.3, 0.4) is 0 Å². The van der Waals surface area contributed by atoms with Crippen LogP contribution >= 0.6 is 11.6 Å². The molecule has 172 valence electrons. The van der Waals surface area contributed by atoms with Crippen LogP contribution in [0.4, 0.5) is 15.8 Å². The summed E-state index contributed by atoms with van der Waals surface area (Å²) >= 11 is 6.07. The van der Waals surface area contributed by atoms with Gasteiger partial charge in [0.25, 0.3) is 0 Å². The van der Waals surface area contributed by atoms with Crippen LogP contribution in [-0.2, 0) is 15.0 Å². The average Bonchev–Trinajstić information content (AvgIpc) is 2.79. The van der Waals surface area contributed by atoms with E-state index in [4.69, 9.17) is 11.6 Å². The first-order valence-corrected chi connectivity index (χ1v) is 11.5. The van der Waals surface area contributed by atoms with Crippen LogP contribution in [0, 0.1) is 5.82 Å². The third-order valence-electron chi connectivity index (χ3n) is 4.68. The molecule has 1 N–H and O–H groups in total. The summed E-state index contributed by atoms with van der Waals surface area (Å²) in [5.74, 6) is -1.60. The zero-order chi connectivity index (χ0) is 24.2. The molecule has 0 unspecified atom stereocenters. The summed E-state index contributed by atoms with van der Waals surface area (Å²) in [5.41, 5.74) is 0.848. The van der Waals surface area contributed by atoms with Crippen molar-refractivity contribution in [3.8, 4) is 0 Å². The fraction of sp³-hybridized carbons (Fsp3) is 0.130. The van der Waals surface area contributed by atoms with Gasteiger partial charge in [-0.3, -0.25) is 9.59 Å². The molecule has 0 radical (unpaired) electrons. The van der Waals surface area contributed by atoms with Crippen molar-refractivity contribution in [2.24, 2.45) is 0 Å². The van der Waals surface area contributed by atoms with Crippen LogP contribution in [0.5, 0.6) is 0 Å². The zero-order valence-electron chi connectivity index (χ0n) is 17.8. The number of benzene rings is 3. The molecular formula is C23H21ClFN3O4S. The molecule has 33 heavy (non-hydrogen) atoms. The highest BCUT2D eigenvalue weighted by molar-refractivity contribution is 7.90. The SMILES string of the molecule is CN(C)S(=O)(=O)N(CC(=O)Nc1ccc(Cl)cc1C(=O)c1ccccc1)c1ccc(F)cc1. The van der Waals surface area contributed by atoms with E-state index in [1.165, 1.54) is 44.4 Å². The van der Waals surface area contributed by atoms with Gasteiger partial charge < -0.3 is 5.32 Å². The van der Waals surface area contributed by atoms with Crippen molar-refractivity contribution < 1.29 is 22.4 Å². The predicted molar refractivity (Wildman–Crippen MR) is 126 cm³/mol. The Morgan fingerprint density at radius 2 is 1.61 bits per heavy atom. The van der Waals surface area contributed by atoms with Crippen LogP contribution in [0.15, 0.2) is 72.8 Å². The Bertz CT molecular complexity index is 1270. The van der Waals surface area contributed by atoms with E-state index in [-0.39, 0.29) is 22.7 Å². The minimum Gasteiger partial charge on any atom is -0.324 e. The van der Waals surface area contributed by atoms with Gasteiger partial charge in [0.05, 0.1) is 11.4 Å². The van der Waals surface area contributed by atoms with Crippen molar-refractivity contribution in [3.63, 3.8) is 0 Å². The van der Waals surface area contributed by atoms with Crippen molar-refractivity contribution in [3.05, 3.63) is 94.8 Å². The molecule has 10 heteroatoms. The van der Waals surface area contributed by atoms with Gasteiger partial charge in [-0.1, -0.05) is 41.9 Å². The largest absolute Gasteiger partial charge is 0.324 e. The second-order valence-corrected chi connectivity index (χ2v) is 9.71. The molecule has 0 atom stereocenters. The molecule has 3 aromatic carbocycles. The third-order valence-corrected chi connectivity index (χ3v) is 6.73. The highest BCUT2D eigenvalue weighted by Gasteiger charge is 2.28.